The number of hydrogen-bond donors (Lipinski definition) is 0. The zero-order valence-corrected chi connectivity index (χ0v) is 17.5. The smallest absolute Gasteiger partial charge is 0.192 e. The molecule has 0 heterocycles. The summed E-state index contributed by atoms with van der Waals surface area (Å²) in [4.78, 5) is 0. The van der Waals surface area contributed by atoms with E-state index in [1.165, 1.54) is 5.56 Å². The van der Waals surface area contributed by atoms with Crippen molar-refractivity contribution in [2.75, 3.05) is 6.67 Å². The van der Waals surface area contributed by atoms with Gasteiger partial charge in [0.2, 0.25) is 0 Å². The van der Waals surface area contributed by atoms with Gasteiger partial charge in [0, 0.05) is 12.8 Å². The first kappa shape index (κ1) is 19.8. The van der Waals surface area contributed by atoms with Crippen molar-refractivity contribution in [3.63, 3.8) is 0 Å². The molecule has 1 rings (SSSR count). The first-order chi connectivity index (χ1) is 10.2. The molecule has 0 radical (unpaired) electrons. The van der Waals surface area contributed by atoms with Gasteiger partial charge in [-0.3, -0.25) is 4.39 Å². The van der Waals surface area contributed by atoms with Gasteiger partial charge in [-0.1, -0.05) is 73.7 Å². The van der Waals surface area contributed by atoms with Gasteiger partial charge in [0.25, 0.3) is 0 Å². The van der Waals surface area contributed by atoms with E-state index in [1.807, 2.05) is 16.2 Å². The third-order valence-electron chi connectivity index (χ3n) is 4.35. The van der Waals surface area contributed by atoms with Gasteiger partial charge in [-0.05, 0) is 33.3 Å². The van der Waals surface area contributed by atoms with E-state index in [2.05, 4.69) is 74.7 Å². The van der Waals surface area contributed by atoms with Crippen molar-refractivity contribution in [2.24, 2.45) is 0 Å². The van der Waals surface area contributed by atoms with Crippen molar-refractivity contribution in [1.29, 1.82) is 0 Å². The number of halogens is 2. The van der Waals surface area contributed by atoms with Crippen molar-refractivity contribution in [3.05, 3.63) is 45.6 Å². The summed E-state index contributed by atoms with van der Waals surface area (Å²) in [5.41, 5.74) is 2.27. The standard InChI is InChI=1S/C18H28FIOSi/c1-18(2,3)22(4,5)21-17(10-12-20)14-16-8-6-7-15(13-16)9-11-19/h6-8,10,12-13,17H,9,11,14H2,1-5H3/t17-/m1/s1. The summed E-state index contributed by atoms with van der Waals surface area (Å²) < 4.78 is 21.1. The summed E-state index contributed by atoms with van der Waals surface area (Å²) >= 11 is 2.24. The largest absolute Gasteiger partial charge is 0.410 e. The van der Waals surface area contributed by atoms with Crippen LogP contribution in [0, 0.1) is 0 Å². The molecule has 0 spiro atoms. The Morgan fingerprint density at radius 3 is 2.45 bits per heavy atom. The lowest BCUT2D eigenvalue weighted by molar-refractivity contribution is 0.225. The Morgan fingerprint density at radius 1 is 1.27 bits per heavy atom. The number of aryl methyl sites for hydroxylation is 1. The second kappa shape index (κ2) is 8.59. The summed E-state index contributed by atoms with van der Waals surface area (Å²) in [5, 5.41) is 0.195. The zero-order valence-electron chi connectivity index (χ0n) is 14.3. The van der Waals surface area contributed by atoms with Crippen LogP contribution in [0.3, 0.4) is 0 Å². The van der Waals surface area contributed by atoms with Gasteiger partial charge in [0.15, 0.2) is 8.32 Å². The molecule has 0 amide bonds. The summed E-state index contributed by atoms with van der Waals surface area (Å²) in [7, 11) is -1.80. The maximum absolute atomic E-state index is 12.5. The second-order valence-corrected chi connectivity index (χ2v) is 12.7. The number of hydrogen-bond acceptors (Lipinski definition) is 1. The van der Waals surface area contributed by atoms with Gasteiger partial charge < -0.3 is 4.43 Å². The van der Waals surface area contributed by atoms with Gasteiger partial charge >= 0.3 is 0 Å². The Hall–Kier alpha value is -0.203. The molecule has 0 aliphatic heterocycles. The highest BCUT2D eigenvalue weighted by Gasteiger charge is 2.38. The molecule has 0 saturated carbocycles. The van der Waals surface area contributed by atoms with Gasteiger partial charge in [-0.25, -0.2) is 0 Å². The van der Waals surface area contributed by atoms with Crippen LogP contribution in [0.15, 0.2) is 34.4 Å². The van der Waals surface area contributed by atoms with Crippen LogP contribution in [-0.4, -0.2) is 21.1 Å². The van der Waals surface area contributed by atoms with Crippen molar-refractivity contribution >= 4 is 30.9 Å². The molecule has 1 nitrogen and oxygen atoms in total. The van der Waals surface area contributed by atoms with Crippen molar-refractivity contribution in [1.82, 2.24) is 0 Å². The van der Waals surface area contributed by atoms with E-state index in [-0.39, 0.29) is 17.8 Å². The van der Waals surface area contributed by atoms with Crippen LogP contribution in [0.1, 0.15) is 31.9 Å². The molecule has 0 aliphatic rings. The highest BCUT2D eigenvalue weighted by molar-refractivity contribution is 14.1. The zero-order chi connectivity index (χ0) is 16.8. The highest BCUT2D eigenvalue weighted by Crippen LogP contribution is 2.37. The Bertz CT molecular complexity index is 494. The van der Waals surface area contributed by atoms with Crippen LogP contribution in [0.4, 0.5) is 4.39 Å². The Kier molecular flexibility index (Phi) is 7.75. The van der Waals surface area contributed by atoms with E-state index < -0.39 is 8.32 Å². The summed E-state index contributed by atoms with van der Waals surface area (Å²) in [5.74, 6) is 0. The number of benzene rings is 1. The van der Waals surface area contributed by atoms with Crippen molar-refractivity contribution in [2.45, 2.75) is 57.8 Å². The third kappa shape index (κ3) is 6.12. The Labute approximate surface area is 149 Å². The van der Waals surface area contributed by atoms with E-state index in [0.29, 0.717) is 6.42 Å². The first-order valence-corrected chi connectivity index (χ1v) is 11.9. The molecule has 0 aromatic heterocycles. The van der Waals surface area contributed by atoms with Crippen molar-refractivity contribution < 1.29 is 8.82 Å². The molecule has 22 heavy (non-hydrogen) atoms. The predicted molar refractivity (Wildman–Crippen MR) is 105 cm³/mol. The maximum Gasteiger partial charge on any atom is 0.192 e. The van der Waals surface area contributed by atoms with E-state index in [1.54, 1.807) is 0 Å². The fourth-order valence-corrected chi connectivity index (χ4v) is 3.77. The Balaban J connectivity index is 2.87. The normalized spacial score (nSPS) is 14.5. The minimum absolute atomic E-state index is 0.0819. The van der Waals surface area contributed by atoms with Gasteiger partial charge in [0.05, 0.1) is 12.8 Å². The minimum atomic E-state index is -1.80. The average molecular weight is 434 g/mol. The van der Waals surface area contributed by atoms with Crippen LogP contribution in [0.2, 0.25) is 18.1 Å². The third-order valence-corrected chi connectivity index (χ3v) is 9.27. The second-order valence-electron chi connectivity index (χ2n) is 7.20. The number of alkyl halides is 1. The molecule has 0 saturated heterocycles. The molecule has 0 N–H and O–H groups in total. The minimum Gasteiger partial charge on any atom is -0.410 e. The number of rotatable bonds is 7. The monoisotopic (exact) mass is 434 g/mol. The van der Waals surface area contributed by atoms with E-state index in [0.717, 1.165) is 12.0 Å². The van der Waals surface area contributed by atoms with E-state index >= 15 is 0 Å². The quantitative estimate of drug-likeness (QED) is 0.373. The summed E-state index contributed by atoms with van der Waals surface area (Å²) in [6.45, 7) is 11.0. The fraction of sp³-hybridized carbons (Fsp3) is 0.556. The van der Waals surface area contributed by atoms with E-state index in [4.69, 9.17) is 4.43 Å². The van der Waals surface area contributed by atoms with Crippen LogP contribution in [0.5, 0.6) is 0 Å². The van der Waals surface area contributed by atoms with Crippen molar-refractivity contribution in [3.8, 4) is 0 Å². The SMILES string of the molecule is CC(C)(C)[Si](C)(C)O[C@H](C=CI)Cc1cccc(CCF)c1. The topological polar surface area (TPSA) is 9.23 Å². The lowest BCUT2D eigenvalue weighted by Crippen LogP contribution is -2.44. The molecular formula is C18H28FIOSi. The maximum atomic E-state index is 12.5. The van der Waals surface area contributed by atoms with Crippen LogP contribution in [0.25, 0.3) is 0 Å². The summed E-state index contributed by atoms with van der Waals surface area (Å²) in [6.07, 6.45) is 3.54. The molecule has 0 aliphatic carbocycles. The van der Waals surface area contributed by atoms with Crippen LogP contribution in [-0.2, 0) is 17.3 Å². The first-order valence-electron chi connectivity index (χ1n) is 7.78. The molecular weight excluding hydrogens is 406 g/mol. The average Bonchev–Trinajstić information content (AvgIpc) is 2.38. The molecule has 1 aromatic rings. The fourth-order valence-electron chi connectivity index (χ4n) is 2.04. The highest BCUT2D eigenvalue weighted by atomic mass is 127. The molecule has 0 unspecified atom stereocenters. The van der Waals surface area contributed by atoms with Crippen LogP contribution < -0.4 is 0 Å². The lowest BCUT2D eigenvalue weighted by Gasteiger charge is -2.38. The van der Waals surface area contributed by atoms with Crippen LogP contribution >= 0.6 is 22.6 Å². The lowest BCUT2D eigenvalue weighted by atomic mass is 10.0. The molecule has 0 fully saturated rings. The van der Waals surface area contributed by atoms with Gasteiger partial charge in [-0.2, -0.15) is 0 Å². The summed E-state index contributed by atoms with van der Waals surface area (Å²) in [6, 6.07) is 8.20. The molecule has 1 aromatic carbocycles. The van der Waals surface area contributed by atoms with Gasteiger partial charge in [0.1, 0.15) is 0 Å². The molecule has 1 atom stereocenters. The molecule has 4 heteroatoms. The Morgan fingerprint density at radius 2 is 1.91 bits per heavy atom. The molecule has 0 bridgehead atoms. The van der Waals surface area contributed by atoms with Gasteiger partial charge in [-0.15, -0.1) is 0 Å². The predicted octanol–water partition coefficient (Wildman–Crippen LogP) is 6.08. The molecule has 124 valence electrons. The van der Waals surface area contributed by atoms with E-state index in [9.17, 15) is 4.39 Å².